The van der Waals surface area contributed by atoms with Crippen molar-refractivity contribution < 1.29 is 9.59 Å². The Labute approximate surface area is 90.8 Å². The molecule has 2 N–H and O–H groups in total. The maximum Gasteiger partial charge on any atom is 0.231 e. The fourth-order valence-electron chi connectivity index (χ4n) is 2.15. The van der Waals surface area contributed by atoms with E-state index in [1.165, 1.54) is 0 Å². The van der Waals surface area contributed by atoms with Crippen LogP contribution >= 0.6 is 0 Å². The smallest absolute Gasteiger partial charge is 0.231 e. The zero-order chi connectivity index (χ0) is 11.4. The molecule has 1 atom stereocenters. The first-order valence-electron chi connectivity index (χ1n) is 5.55. The highest BCUT2D eigenvalue weighted by atomic mass is 16.1. The summed E-state index contributed by atoms with van der Waals surface area (Å²) in [5.74, 6) is 0.352. The third-order valence-corrected chi connectivity index (χ3v) is 2.67. The first-order chi connectivity index (χ1) is 7.00. The molecule has 1 amide bonds. The average Bonchev–Trinajstić information content (AvgIpc) is 2.48. The molecule has 0 aromatic rings. The van der Waals surface area contributed by atoms with E-state index < -0.39 is 0 Å². The van der Waals surface area contributed by atoms with Crippen LogP contribution in [0.2, 0.25) is 0 Å². The average molecular weight is 212 g/mol. The van der Waals surface area contributed by atoms with Crippen molar-refractivity contribution in [3.8, 4) is 0 Å². The quantitative estimate of drug-likeness (QED) is 0.724. The summed E-state index contributed by atoms with van der Waals surface area (Å²) in [7, 11) is 0. The van der Waals surface area contributed by atoms with Crippen molar-refractivity contribution in [2.75, 3.05) is 13.1 Å². The zero-order valence-corrected chi connectivity index (χ0v) is 9.53. The van der Waals surface area contributed by atoms with Gasteiger partial charge in [0.2, 0.25) is 5.91 Å². The molecule has 1 saturated carbocycles. The Balaban J connectivity index is 2.61. The lowest BCUT2D eigenvalue weighted by molar-refractivity contribution is -0.124. The van der Waals surface area contributed by atoms with Crippen LogP contribution in [0.3, 0.4) is 0 Å². The van der Waals surface area contributed by atoms with Crippen molar-refractivity contribution in [3.63, 3.8) is 0 Å². The second kappa shape index (κ2) is 5.26. The van der Waals surface area contributed by atoms with Gasteiger partial charge in [0.05, 0.1) is 12.6 Å². The van der Waals surface area contributed by atoms with Crippen LogP contribution in [0, 0.1) is 5.92 Å². The highest BCUT2D eigenvalue weighted by Crippen LogP contribution is 2.20. The van der Waals surface area contributed by atoms with Crippen LogP contribution in [-0.2, 0) is 9.59 Å². The van der Waals surface area contributed by atoms with Crippen molar-refractivity contribution in [3.05, 3.63) is 0 Å². The maximum absolute atomic E-state index is 11.6. The molecule has 0 saturated heterocycles. The topological polar surface area (TPSA) is 63.4 Å². The number of nitrogens with zero attached hydrogens (tertiary/aromatic N) is 1. The SMILES string of the molecule is CC(C)CN(CC(N)=O)C1CCCC1=O. The van der Waals surface area contributed by atoms with Crippen molar-refractivity contribution in [1.82, 2.24) is 4.90 Å². The monoisotopic (exact) mass is 212 g/mol. The van der Waals surface area contributed by atoms with E-state index in [9.17, 15) is 9.59 Å². The molecule has 0 heterocycles. The standard InChI is InChI=1S/C11H20N2O2/c1-8(2)6-13(7-11(12)15)9-4-3-5-10(9)14/h8-9H,3-7H2,1-2H3,(H2,12,15). The van der Waals surface area contributed by atoms with E-state index in [0.29, 0.717) is 12.3 Å². The number of hydrogen-bond acceptors (Lipinski definition) is 3. The molecule has 0 aromatic carbocycles. The summed E-state index contributed by atoms with van der Waals surface area (Å²) in [5.41, 5.74) is 5.19. The van der Waals surface area contributed by atoms with Crippen molar-refractivity contribution >= 4 is 11.7 Å². The summed E-state index contributed by atoms with van der Waals surface area (Å²) in [4.78, 5) is 24.4. The van der Waals surface area contributed by atoms with E-state index >= 15 is 0 Å². The summed E-state index contributed by atoms with van der Waals surface area (Å²) >= 11 is 0. The Morgan fingerprint density at radius 3 is 2.67 bits per heavy atom. The summed E-state index contributed by atoms with van der Waals surface area (Å²) < 4.78 is 0. The fraction of sp³-hybridized carbons (Fsp3) is 0.818. The molecule has 86 valence electrons. The highest BCUT2D eigenvalue weighted by Gasteiger charge is 2.30. The van der Waals surface area contributed by atoms with Gasteiger partial charge in [-0.25, -0.2) is 0 Å². The van der Waals surface area contributed by atoms with Crippen molar-refractivity contribution in [2.24, 2.45) is 11.7 Å². The third kappa shape index (κ3) is 3.63. The molecule has 0 spiro atoms. The van der Waals surface area contributed by atoms with Crippen LogP contribution in [-0.4, -0.2) is 35.7 Å². The van der Waals surface area contributed by atoms with Gasteiger partial charge in [-0.3, -0.25) is 14.5 Å². The first kappa shape index (κ1) is 12.2. The molecule has 0 radical (unpaired) electrons. The summed E-state index contributed by atoms with van der Waals surface area (Å²) in [6, 6.07) is -0.0695. The van der Waals surface area contributed by atoms with Crippen LogP contribution in [0.15, 0.2) is 0 Å². The Kier molecular flexibility index (Phi) is 4.27. The normalized spacial score (nSPS) is 21.6. The molecular formula is C11H20N2O2. The van der Waals surface area contributed by atoms with Gasteiger partial charge in [-0.05, 0) is 18.8 Å². The molecule has 0 aromatic heterocycles. The van der Waals surface area contributed by atoms with Crippen LogP contribution < -0.4 is 5.73 Å². The van der Waals surface area contributed by atoms with E-state index in [0.717, 1.165) is 19.4 Å². The van der Waals surface area contributed by atoms with Crippen LogP contribution in [0.5, 0.6) is 0 Å². The number of hydrogen-bond donors (Lipinski definition) is 1. The molecule has 1 aliphatic carbocycles. The van der Waals surface area contributed by atoms with Gasteiger partial charge < -0.3 is 5.73 Å². The predicted molar refractivity (Wildman–Crippen MR) is 58.3 cm³/mol. The lowest BCUT2D eigenvalue weighted by Gasteiger charge is -2.27. The number of Topliss-reactive ketones (excluding diaryl/α,β-unsaturated/α-hetero) is 1. The largest absolute Gasteiger partial charge is 0.369 e. The fourth-order valence-corrected chi connectivity index (χ4v) is 2.15. The summed E-state index contributed by atoms with van der Waals surface area (Å²) in [6.45, 7) is 5.12. The molecule has 0 bridgehead atoms. The number of carbonyl (C=O) groups is 2. The van der Waals surface area contributed by atoms with Gasteiger partial charge in [0, 0.05) is 13.0 Å². The van der Waals surface area contributed by atoms with Crippen LogP contribution in [0.25, 0.3) is 0 Å². The van der Waals surface area contributed by atoms with Gasteiger partial charge in [0.25, 0.3) is 0 Å². The van der Waals surface area contributed by atoms with Crippen molar-refractivity contribution in [1.29, 1.82) is 0 Å². The van der Waals surface area contributed by atoms with Gasteiger partial charge in [-0.1, -0.05) is 13.8 Å². The molecule has 1 aliphatic rings. The van der Waals surface area contributed by atoms with E-state index in [2.05, 4.69) is 13.8 Å². The summed E-state index contributed by atoms with van der Waals surface area (Å²) in [5, 5.41) is 0. The molecule has 0 aliphatic heterocycles. The number of nitrogens with two attached hydrogens (primary N) is 1. The zero-order valence-electron chi connectivity index (χ0n) is 9.53. The number of rotatable bonds is 5. The van der Waals surface area contributed by atoms with E-state index in [1.807, 2.05) is 4.90 Å². The first-order valence-corrected chi connectivity index (χ1v) is 5.55. The van der Waals surface area contributed by atoms with Gasteiger partial charge in [-0.15, -0.1) is 0 Å². The Morgan fingerprint density at radius 1 is 1.60 bits per heavy atom. The number of primary amides is 1. The third-order valence-electron chi connectivity index (χ3n) is 2.67. The number of carbonyl (C=O) groups excluding carboxylic acids is 2. The van der Waals surface area contributed by atoms with Gasteiger partial charge in [0.1, 0.15) is 5.78 Å². The minimum absolute atomic E-state index is 0.0695. The predicted octanol–water partition coefficient (Wildman–Crippen LogP) is 0.551. The van der Waals surface area contributed by atoms with Gasteiger partial charge >= 0.3 is 0 Å². The van der Waals surface area contributed by atoms with E-state index in [4.69, 9.17) is 5.73 Å². The van der Waals surface area contributed by atoms with Crippen molar-refractivity contribution in [2.45, 2.75) is 39.2 Å². The Hall–Kier alpha value is -0.900. The lowest BCUT2D eigenvalue weighted by atomic mass is 10.1. The maximum atomic E-state index is 11.6. The minimum atomic E-state index is -0.352. The second-order valence-corrected chi connectivity index (χ2v) is 4.66. The second-order valence-electron chi connectivity index (χ2n) is 4.66. The molecular weight excluding hydrogens is 192 g/mol. The summed E-state index contributed by atoms with van der Waals surface area (Å²) in [6.07, 6.45) is 2.47. The number of ketones is 1. The Bertz CT molecular complexity index is 251. The molecule has 15 heavy (non-hydrogen) atoms. The molecule has 1 unspecified atom stereocenters. The number of amides is 1. The molecule has 1 fully saturated rings. The lowest BCUT2D eigenvalue weighted by Crippen LogP contribution is -2.45. The van der Waals surface area contributed by atoms with Gasteiger partial charge in [0.15, 0.2) is 0 Å². The van der Waals surface area contributed by atoms with E-state index in [-0.39, 0.29) is 24.3 Å². The molecule has 4 heteroatoms. The Morgan fingerprint density at radius 2 is 2.27 bits per heavy atom. The van der Waals surface area contributed by atoms with E-state index in [1.54, 1.807) is 0 Å². The van der Waals surface area contributed by atoms with Gasteiger partial charge in [-0.2, -0.15) is 0 Å². The van der Waals surface area contributed by atoms with Crippen LogP contribution in [0.1, 0.15) is 33.1 Å². The highest BCUT2D eigenvalue weighted by molar-refractivity contribution is 5.86. The molecule has 1 rings (SSSR count). The molecule has 4 nitrogen and oxygen atoms in total. The minimum Gasteiger partial charge on any atom is -0.369 e. The van der Waals surface area contributed by atoms with Crippen LogP contribution in [0.4, 0.5) is 0 Å².